The average Bonchev–Trinajstić information content (AvgIpc) is 2.82. The van der Waals surface area contributed by atoms with Crippen molar-refractivity contribution in [2.24, 2.45) is 0 Å². The first kappa shape index (κ1) is 20.4. The first-order chi connectivity index (χ1) is 12.0. The molecule has 144 valence electrons. The van der Waals surface area contributed by atoms with Crippen LogP contribution in [0.2, 0.25) is 0 Å². The highest BCUT2D eigenvalue weighted by Crippen LogP contribution is 2.29. The van der Waals surface area contributed by atoms with Gasteiger partial charge in [0.1, 0.15) is 4.90 Å². The molecule has 0 saturated heterocycles. The van der Waals surface area contributed by atoms with Gasteiger partial charge in [0.25, 0.3) is 0 Å². The molecule has 2 aromatic rings. The van der Waals surface area contributed by atoms with Crippen LogP contribution in [0.4, 0.5) is 13.2 Å². The Labute approximate surface area is 151 Å². The normalized spacial score (nSPS) is 12.8. The largest absolute Gasteiger partial charge is 0.416 e. The van der Waals surface area contributed by atoms with Crippen LogP contribution in [0.15, 0.2) is 29.2 Å². The lowest BCUT2D eigenvalue weighted by Crippen LogP contribution is -2.31. The van der Waals surface area contributed by atoms with Gasteiger partial charge in [-0.2, -0.15) is 22.6 Å². The summed E-state index contributed by atoms with van der Waals surface area (Å²) in [6.45, 7) is 7.69. The SMILES string of the molecule is CCN(CC)S(=O)(=O)c1c(C)nn(Cc2ccc(C(F)(F)F)cc2)c1C. The van der Waals surface area contributed by atoms with Crippen molar-refractivity contribution in [2.45, 2.75) is 45.3 Å². The van der Waals surface area contributed by atoms with E-state index in [0.717, 1.165) is 12.1 Å². The molecule has 0 bridgehead atoms. The fourth-order valence-corrected chi connectivity index (χ4v) is 4.70. The molecule has 0 radical (unpaired) electrons. The summed E-state index contributed by atoms with van der Waals surface area (Å²) in [7, 11) is -3.66. The zero-order chi connectivity index (χ0) is 19.7. The Hall–Kier alpha value is -1.87. The molecule has 5 nitrogen and oxygen atoms in total. The van der Waals surface area contributed by atoms with Crippen LogP contribution in [0.1, 0.15) is 36.4 Å². The van der Waals surface area contributed by atoms with Crippen molar-refractivity contribution >= 4 is 10.0 Å². The molecule has 1 aromatic carbocycles. The summed E-state index contributed by atoms with van der Waals surface area (Å²) in [5, 5.41) is 4.28. The molecule has 0 fully saturated rings. The van der Waals surface area contributed by atoms with Crippen molar-refractivity contribution in [3.8, 4) is 0 Å². The number of rotatable bonds is 6. The van der Waals surface area contributed by atoms with Gasteiger partial charge in [-0.05, 0) is 31.5 Å². The zero-order valence-corrected chi connectivity index (χ0v) is 15.9. The van der Waals surface area contributed by atoms with Crippen LogP contribution in [0, 0.1) is 13.8 Å². The fraction of sp³-hybridized carbons (Fsp3) is 0.471. The summed E-state index contributed by atoms with van der Waals surface area (Å²) in [5.74, 6) is 0. The lowest BCUT2D eigenvalue weighted by Gasteiger charge is -2.18. The summed E-state index contributed by atoms with van der Waals surface area (Å²) in [6, 6.07) is 4.76. The number of sulfonamides is 1. The fourth-order valence-electron chi connectivity index (χ4n) is 2.87. The van der Waals surface area contributed by atoms with E-state index < -0.39 is 21.8 Å². The van der Waals surface area contributed by atoms with Gasteiger partial charge in [0.15, 0.2) is 0 Å². The summed E-state index contributed by atoms with van der Waals surface area (Å²) >= 11 is 0. The van der Waals surface area contributed by atoms with Gasteiger partial charge in [0.2, 0.25) is 10.0 Å². The third-order valence-electron chi connectivity index (χ3n) is 4.23. The highest BCUT2D eigenvalue weighted by Gasteiger charge is 2.31. The number of halogens is 3. The number of alkyl halides is 3. The van der Waals surface area contributed by atoms with Gasteiger partial charge >= 0.3 is 6.18 Å². The van der Waals surface area contributed by atoms with Gasteiger partial charge in [0.05, 0.1) is 23.5 Å². The van der Waals surface area contributed by atoms with E-state index >= 15 is 0 Å². The molecular formula is C17H22F3N3O2S. The number of nitrogens with zero attached hydrogens (tertiary/aromatic N) is 3. The van der Waals surface area contributed by atoms with Gasteiger partial charge < -0.3 is 0 Å². The Kier molecular flexibility index (Phi) is 5.82. The van der Waals surface area contributed by atoms with Crippen molar-refractivity contribution in [1.82, 2.24) is 14.1 Å². The monoisotopic (exact) mass is 389 g/mol. The summed E-state index contributed by atoms with van der Waals surface area (Å²) in [4.78, 5) is 0.160. The topological polar surface area (TPSA) is 55.2 Å². The van der Waals surface area contributed by atoms with Gasteiger partial charge in [0, 0.05) is 13.1 Å². The Morgan fingerprint density at radius 2 is 1.62 bits per heavy atom. The zero-order valence-electron chi connectivity index (χ0n) is 15.1. The maximum Gasteiger partial charge on any atom is 0.416 e. The van der Waals surface area contributed by atoms with E-state index in [-0.39, 0.29) is 11.4 Å². The number of aromatic nitrogens is 2. The number of aryl methyl sites for hydroxylation is 1. The van der Waals surface area contributed by atoms with Crippen molar-refractivity contribution in [2.75, 3.05) is 13.1 Å². The molecule has 0 unspecified atom stereocenters. The molecule has 0 N–H and O–H groups in total. The molecule has 0 aliphatic rings. The average molecular weight is 389 g/mol. The first-order valence-corrected chi connectivity index (χ1v) is 9.66. The maximum atomic E-state index is 12.8. The summed E-state index contributed by atoms with van der Waals surface area (Å²) in [6.07, 6.45) is -4.39. The molecule has 0 atom stereocenters. The Bertz CT molecular complexity index is 868. The maximum absolute atomic E-state index is 12.8. The van der Waals surface area contributed by atoms with E-state index in [1.165, 1.54) is 21.1 Å². The molecular weight excluding hydrogens is 367 g/mol. The van der Waals surface area contributed by atoms with E-state index in [1.807, 2.05) is 0 Å². The van der Waals surface area contributed by atoms with E-state index in [9.17, 15) is 21.6 Å². The third-order valence-corrected chi connectivity index (χ3v) is 6.53. The van der Waals surface area contributed by atoms with Crippen LogP contribution in [-0.4, -0.2) is 35.6 Å². The molecule has 26 heavy (non-hydrogen) atoms. The molecule has 1 aromatic heterocycles. The van der Waals surface area contributed by atoms with E-state index in [1.54, 1.807) is 27.7 Å². The lowest BCUT2D eigenvalue weighted by atomic mass is 10.1. The van der Waals surface area contributed by atoms with Crippen molar-refractivity contribution in [1.29, 1.82) is 0 Å². The molecule has 0 amide bonds. The van der Waals surface area contributed by atoms with Crippen LogP contribution < -0.4 is 0 Å². The predicted molar refractivity (Wildman–Crippen MR) is 92.4 cm³/mol. The van der Waals surface area contributed by atoms with Crippen molar-refractivity contribution < 1.29 is 21.6 Å². The summed E-state index contributed by atoms with van der Waals surface area (Å²) in [5.41, 5.74) is 0.727. The number of hydrogen-bond donors (Lipinski definition) is 0. The number of benzene rings is 1. The van der Waals surface area contributed by atoms with Gasteiger partial charge in [-0.3, -0.25) is 4.68 Å². The van der Waals surface area contributed by atoms with Gasteiger partial charge in [-0.1, -0.05) is 26.0 Å². The van der Waals surface area contributed by atoms with Gasteiger partial charge in [-0.15, -0.1) is 0 Å². The molecule has 0 saturated carbocycles. The van der Waals surface area contributed by atoms with Crippen molar-refractivity contribution in [3.63, 3.8) is 0 Å². The van der Waals surface area contributed by atoms with Crippen LogP contribution in [0.5, 0.6) is 0 Å². The standard InChI is InChI=1S/C17H22F3N3O2S/c1-5-22(6-2)26(24,25)16-12(3)21-23(13(16)4)11-14-7-9-15(10-8-14)17(18,19)20/h7-10H,5-6,11H2,1-4H3. The van der Waals surface area contributed by atoms with Crippen LogP contribution >= 0.6 is 0 Å². The van der Waals surface area contributed by atoms with E-state index in [4.69, 9.17) is 0 Å². The second kappa shape index (κ2) is 7.40. The van der Waals surface area contributed by atoms with Crippen molar-refractivity contribution in [3.05, 3.63) is 46.8 Å². The minimum Gasteiger partial charge on any atom is -0.264 e. The van der Waals surface area contributed by atoms with Crippen LogP contribution in [0.3, 0.4) is 0 Å². The third kappa shape index (κ3) is 3.93. The smallest absolute Gasteiger partial charge is 0.264 e. The minimum absolute atomic E-state index is 0.160. The predicted octanol–water partition coefficient (Wildman–Crippen LogP) is 3.60. The van der Waals surface area contributed by atoms with E-state index in [2.05, 4.69) is 5.10 Å². The van der Waals surface area contributed by atoms with Crippen LogP contribution in [-0.2, 0) is 22.7 Å². The van der Waals surface area contributed by atoms with Gasteiger partial charge in [-0.25, -0.2) is 8.42 Å². The highest BCUT2D eigenvalue weighted by molar-refractivity contribution is 7.89. The Morgan fingerprint density at radius 1 is 1.08 bits per heavy atom. The minimum atomic E-state index is -4.39. The second-order valence-corrected chi connectivity index (χ2v) is 7.82. The molecule has 0 aliphatic carbocycles. The molecule has 1 heterocycles. The van der Waals surface area contributed by atoms with E-state index in [0.29, 0.717) is 30.0 Å². The quantitative estimate of drug-likeness (QED) is 0.759. The highest BCUT2D eigenvalue weighted by atomic mass is 32.2. The molecule has 0 spiro atoms. The summed E-state index contributed by atoms with van der Waals surface area (Å²) < 4.78 is 66.4. The Morgan fingerprint density at radius 3 is 2.08 bits per heavy atom. The lowest BCUT2D eigenvalue weighted by molar-refractivity contribution is -0.137. The molecule has 0 aliphatic heterocycles. The molecule has 2 rings (SSSR count). The number of hydrogen-bond acceptors (Lipinski definition) is 3. The molecule has 9 heteroatoms. The van der Waals surface area contributed by atoms with Crippen LogP contribution in [0.25, 0.3) is 0 Å². The second-order valence-electron chi connectivity index (χ2n) is 5.94. The Balaban J connectivity index is 2.36. The first-order valence-electron chi connectivity index (χ1n) is 8.22.